The van der Waals surface area contributed by atoms with Crippen LogP contribution in [0.25, 0.3) is 0 Å². The van der Waals surface area contributed by atoms with Crippen LogP contribution in [0.3, 0.4) is 0 Å². The standard InChI is InChI=1S/C20H22N2O3/c1-24-18-9-5-3-7-16(18)21-10-12-22(13-11-21)20(23)19-14-15-6-2-4-8-17(15)25-19/h2-9,19H,10-14H2,1H3/t19-/m1/s1. The van der Waals surface area contributed by atoms with Crippen LogP contribution in [0.2, 0.25) is 0 Å². The highest BCUT2D eigenvalue weighted by atomic mass is 16.5. The van der Waals surface area contributed by atoms with Crippen LogP contribution in [0.1, 0.15) is 5.56 Å². The number of ether oxygens (including phenoxy) is 2. The first-order chi connectivity index (χ1) is 12.3. The van der Waals surface area contributed by atoms with Gasteiger partial charge in [0.05, 0.1) is 12.8 Å². The quantitative estimate of drug-likeness (QED) is 0.862. The van der Waals surface area contributed by atoms with Crippen molar-refractivity contribution in [2.45, 2.75) is 12.5 Å². The van der Waals surface area contributed by atoms with Crippen LogP contribution >= 0.6 is 0 Å². The number of nitrogens with zero attached hydrogens (tertiary/aromatic N) is 2. The molecule has 0 radical (unpaired) electrons. The summed E-state index contributed by atoms with van der Waals surface area (Å²) in [7, 11) is 1.69. The molecule has 2 aromatic rings. The number of amides is 1. The van der Waals surface area contributed by atoms with Crippen LogP contribution in [-0.2, 0) is 11.2 Å². The Morgan fingerprint density at radius 3 is 2.52 bits per heavy atom. The van der Waals surface area contributed by atoms with E-state index in [2.05, 4.69) is 11.0 Å². The van der Waals surface area contributed by atoms with Crippen LogP contribution in [0.5, 0.6) is 11.5 Å². The molecule has 1 amide bonds. The molecule has 2 heterocycles. The normalized spacial score (nSPS) is 19.3. The molecule has 4 rings (SSSR count). The molecule has 2 aliphatic rings. The van der Waals surface area contributed by atoms with E-state index >= 15 is 0 Å². The minimum absolute atomic E-state index is 0.0934. The highest BCUT2D eigenvalue weighted by molar-refractivity contribution is 5.83. The number of hydrogen-bond acceptors (Lipinski definition) is 4. The summed E-state index contributed by atoms with van der Waals surface area (Å²) in [6, 6.07) is 15.9. The molecule has 0 N–H and O–H groups in total. The van der Waals surface area contributed by atoms with E-state index in [1.165, 1.54) is 0 Å². The molecule has 0 spiro atoms. The number of carbonyl (C=O) groups is 1. The van der Waals surface area contributed by atoms with Gasteiger partial charge >= 0.3 is 0 Å². The number of benzene rings is 2. The second kappa shape index (κ2) is 6.67. The molecule has 2 aromatic carbocycles. The number of para-hydroxylation sites is 3. The third kappa shape index (κ3) is 3.02. The minimum Gasteiger partial charge on any atom is -0.495 e. The third-order valence-corrected chi connectivity index (χ3v) is 4.94. The average Bonchev–Trinajstić information content (AvgIpc) is 3.12. The van der Waals surface area contributed by atoms with Gasteiger partial charge in [-0.05, 0) is 23.8 Å². The molecule has 1 fully saturated rings. The van der Waals surface area contributed by atoms with Crippen molar-refractivity contribution in [1.29, 1.82) is 0 Å². The van der Waals surface area contributed by atoms with Gasteiger partial charge in [-0.3, -0.25) is 4.79 Å². The summed E-state index contributed by atoms with van der Waals surface area (Å²) in [5.74, 6) is 1.81. The SMILES string of the molecule is COc1ccccc1N1CCN(C(=O)[C@H]2Cc3ccccc3O2)CC1. The average molecular weight is 338 g/mol. The first kappa shape index (κ1) is 15.8. The fourth-order valence-corrected chi connectivity index (χ4v) is 3.58. The number of rotatable bonds is 3. The molecule has 0 bridgehead atoms. The smallest absolute Gasteiger partial charge is 0.264 e. The van der Waals surface area contributed by atoms with Crippen LogP contribution < -0.4 is 14.4 Å². The zero-order valence-electron chi connectivity index (χ0n) is 14.4. The van der Waals surface area contributed by atoms with Gasteiger partial charge < -0.3 is 19.3 Å². The van der Waals surface area contributed by atoms with E-state index < -0.39 is 0 Å². The summed E-state index contributed by atoms with van der Waals surface area (Å²) in [5, 5.41) is 0. The van der Waals surface area contributed by atoms with Crippen molar-refractivity contribution in [2.75, 3.05) is 38.2 Å². The molecule has 5 nitrogen and oxygen atoms in total. The lowest BCUT2D eigenvalue weighted by atomic mass is 10.1. The highest BCUT2D eigenvalue weighted by Gasteiger charge is 2.33. The summed E-state index contributed by atoms with van der Waals surface area (Å²) in [4.78, 5) is 17.0. The number of carbonyl (C=O) groups excluding carboxylic acids is 1. The Hall–Kier alpha value is -2.69. The Morgan fingerprint density at radius 1 is 1.04 bits per heavy atom. The summed E-state index contributed by atoms with van der Waals surface area (Å²) < 4.78 is 11.3. The molecule has 0 aromatic heterocycles. The van der Waals surface area contributed by atoms with Gasteiger partial charge in [-0.1, -0.05) is 30.3 Å². The van der Waals surface area contributed by atoms with Crippen molar-refractivity contribution in [3.05, 3.63) is 54.1 Å². The van der Waals surface area contributed by atoms with Gasteiger partial charge in [-0.2, -0.15) is 0 Å². The Kier molecular flexibility index (Phi) is 4.22. The molecule has 0 saturated carbocycles. The van der Waals surface area contributed by atoms with Crippen molar-refractivity contribution < 1.29 is 14.3 Å². The summed E-state index contributed by atoms with van der Waals surface area (Å²) in [6.45, 7) is 3.00. The maximum absolute atomic E-state index is 12.8. The Bertz CT molecular complexity index is 744. The second-order valence-corrected chi connectivity index (χ2v) is 6.40. The lowest BCUT2D eigenvalue weighted by molar-refractivity contribution is -0.138. The highest BCUT2D eigenvalue weighted by Crippen LogP contribution is 2.30. The van der Waals surface area contributed by atoms with Crippen molar-refractivity contribution in [1.82, 2.24) is 4.90 Å². The van der Waals surface area contributed by atoms with Crippen molar-refractivity contribution in [3.63, 3.8) is 0 Å². The van der Waals surface area contributed by atoms with Gasteiger partial charge in [0, 0.05) is 32.6 Å². The number of methoxy groups -OCH3 is 1. The van der Waals surface area contributed by atoms with Gasteiger partial charge in [0.2, 0.25) is 0 Å². The first-order valence-electron chi connectivity index (χ1n) is 8.67. The lowest BCUT2D eigenvalue weighted by Crippen LogP contribution is -2.52. The van der Waals surface area contributed by atoms with Crippen molar-refractivity contribution in [3.8, 4) is 11.5 Å². The van der Waals surface area contributed by atoms with Crippen LogP contribution in [0, 0.1) is 0 Å². The van der Waals surface area contributed by atoms with E-state index in [9.17, 15) is 4.79 Å². The Labute approximate surface area is 147 Å². The number of hydrogen-bond donors (Lipinski definition) is 0. The van der Waals surface area contributed by atoms with Gasteiger partial charge in [-0.25, -0.2) is 0 Å². The predicted octanol–water partition coefficient (Wildman–Crippen LogP) is 2.35. The Morgan fingerprint density at radius 2 is 1.76 bits per heavy atom. The topological polar surface area (TPSA) is 42.0 Å². The fraction of sp³-hybridized carbons (Fsp3) is 0.350. The van der Waals surface area contributed by atoms with Crippen LogP contribution in [0.15, 0.2) is 48.5 Å². The van der Waals surface area contributed by atoms with E-state index in [4.69, 9.17) is 9.47 Å². The molecule has 1 saturated heterocycles. The predicted molar refractivity (Wildman–Crippen MR) is 96.3 cm³/mol. The lowest BCUT2D eigenvalue weighted by Gasteiger charge is -2.37. The molecule has 130 valence electrons. The number of piperazine rings is 1. The number of anilines is 1. The molecule has 25 heavy (non-hydrogen) atoms. The minimum atomic E-state index is -0.379. The van der Waals surface area contributed by atoms with Crippen molar-refractivity contribution >= 4 is 11.6 Å². The van der Waals surface area contributed by atoms with Crippen LogP contribution in [-0.4, -0.2) is 50.2 Å². The molecule has 0 unspecified atom stereocenters. The fourth-order valence-electron chi connectivity index (χ4n) is 3.58. The van der Waals surface area contributed by atoms with E-state index in [0.29, 0.717) is 19.5 Å². The molecule has 0 aliphatic carbocycles. The molecule has 2 aliphatic heterocycles. The van der Waals surface area contributed by atoms with Gasteiger partial charge in [0.25, 0.3) is 5.91 Å². The van der Waals surface area contributed by atoms with Crippen LogP contribution in [0.4, 0.5) is 5.69 Å². The summed E-state index contributed by atoms with van der Waals surface area (Å²) in [6.07, 6.45) is 0.289. The maximum atomic E-state index is 12.8. The van der Waals surface area contributed by atoms with E-state index in [-0.39, 0.29) is 12.0 Å². The maximum Gasteiger partial charge on any atom is 0.264 e. The van der Waals surface area contributed by atoms with E-state index in [1.807, 2.05) is 47.4 Å². The zero-order chi connectivity index (χ0) is 17.2. The summed E-state index contributed by atoms with van der Waals surface area (Å²) >= 11 is 0. The van der Waals surface area contributed by atoms with E-state index in [1.54, 1.807) is 7.11 Å². The largest absolute Gasteiger partial charge is 0.495 e. The third-order valence-electron chi connectivity index (χ3n) is 4.94. The monoisotopic (exact) mass is 338 g/mol. The zero-order valence-corrected chi connectivity index (χ0v) is 14.4. The van der Waals surface area contributed by atoms with Gasteiger partial charge in [0.15, 0.2) is 6.10 Å². The molecular formula is C20H22N2O3. The number of fused-ring (bicyclic) bond motifs is 1. The molecule has 5 heteroatoms. The summed E-state index contributed by atoms with van der Waals surface area (Å²) in [5.41, 5.74) is 2.20. The molecular weight excluding hydrogens is 316 g/mol. The Balaban J connectivity index is 1.38. The van der Waals surface area contributed by atoms with Crippen molar-refractivity contribution in [2.24, 2.45) is 0 Å². The van der Waals surface area contributed by atoms with Gasteiger partial charge in [-0.15, -0.1) is 0 Å². The second-order valence-electron chi connectivity index (χ2n) is 6.40. The van der Waals surface area contributed by atoms with E-state index in [0.717, 1.165) is 35.8 Å². The van der Waals surface area contributed by atoms with Gasteiger partial charge in [0.1, 0.15) is 11.5 Å². The first-order valence-corrected chi connectivity index (χ1v) is 8.67. The molecule has 1 atom stereocenters.